The van der Waals surface area contributed by atoms with Gasteiger partial charge in [-0.05, 0) is 86.7 Å². The number of carbonyl (C=O) groups excluding carboxylic acids is 2. The zero-order valence-corrected chi connectivity index (χ0v) is 25.8. The van der Waals surface area contributed by atoms with Crippen LogP contribution in [0.25, 0.3) is 0 Å². The number of rotatable bonds is 12. The fourth-order valence-electron chi connectivity index (χ4n) is 4.21. The van der Waals surface area contributed by atoms with E-state index in [0.717, 1.165) is 26.6 Å². The molecular formula is C32H41N3O5S. The number of hydrogen-bond acceptors (Lipinski definition) is 5. The topological polar surface area (TPSA) is 96.0 Å². The first-order valence-corrected chi connectivity index (χ1v) is 15.1. The van der Waals surface area contributed by atoms with Gasteiger partial charge in [0.15, 0.2) is 0 Å². The number of sulfonamides is 1. The summed E-state index contributed by atoms with van der Waals surface area (Å²) in [7, 11) is -2.54. The molecule has 1 N–H and O–H groups in total. The number of ether oxygens (including phenoxy) is 1. The first-order valence-electron chi connectivity index (χ1n) is 13.7. The van der Waals surface area contributed by atoms with Crippen molar-refractivity contribution in [3.05, 3.63) is 89.0 Å². The predicted molar refractivity (Wildman–Crippen MR) is 162 cm³/mol. The van der Waals surface area contributed by atoms with E-state index < -0.39 is 28.5 Å². The van der Waals surface area contributed by atoms with Crippen molar-refractivity contribution < 1.29 is 22.7 Å². The molecule has 0 bridgehead atoms. The second kappa shape index (κ2) is 13.7. The van der Waals surface area contributed by atoms with Crippen molar-refractivity contribution in [3.8, 4) is 5.75 Å². The van der Waals surface area contributed by atoms with Gasteiger partial charge in [0.25, 0.3) is 10.0 Å². The number of carbonyl (C=O) groups is 2. The van der Waals surface area contributed by atoms with E-state index in [1.165, 1.54) is 4.90 Å². The maximum absolute atomic E-state index is 14.0. The predicted octanol–water partition coefficient (Wildman–Crippen LogP) is 5.01. The van der Waals surface area contributed by atoms with E-state index in [1.54, 1.807) is 62.6 Å². The van der Waals surface area contributed by atoms with Gasteiger partial charge in [-0.2, -0.15) is 0 Å². The zero-order chi connectivity index (χ0) is 30.3. The maximum atomic E-state index is 14.0. The Hall–Kier alpha value is -3.85. The Balaban J connectivity index is 2.03. The summed E-state index contributed by atoms with van der Waals surface area (Å²) < 4.78 is 34.3. The average molecular weight is 580 g/mol. The Kier molecular flexibility index (Phi) is 10.6. The van der Waals surface area contributed by atoms with Crippen molar-refractivity contribution in [1.29, 1.82) is 0 Å². The summed E-state index contributed by atoms with van der Waals surface area (Å²) in [4.78, 5) is 28.7. The van der Waals surface area contributed by atoms with Crippen LogP contribution in [0.2, 0.25) is 0 Å². The van der Waals surface area contributed by atoms with Gasteiger partial charge in [0.2, 0.25) is 11.8 Å². The molecule has 41 heavy (non-hydrogen) atoms. The summed E-state index contributed by atoms with van der Waals surface area (Å²) in [5.41, 5.74) is 3.98. The van der Waals surface area contributed by atoms with E-state index >= 15 is 0 Å². The molecule has 0 aromatic heterocycles. The summed E-state index contributed by atoms with van der Waals surface area (Å²) in [6.45, 7) is 11.5. The second-order valence-electron chi connectivity index (χ2n) is 10.8. The van der Waals surface area contributed by atoms with Crippen LogP contribution in [0.5, 0.6) is 5.75 Å². The Bertz CT molecular complexity index is 1450. The molecular weight excluding hydrogens is 538 g/mol. The highest BCUT2D eigenvalue weighted by atomic mass is 32.2. The van der Waals surface area contributed by atoms with E-state index in [0.29, 0.717) is 18.0 Å². The molecule has 0 aliphatic carbocycles. The molecule has 1 atom stereocenters. The molecule has 2 amide bonds. The van der Waals surface area contributed by atoms with Crippen molar-refractivity contribution in [2.24, 2.45) is 5.92 Å². The molecule has 8 nitrogen and oxygen atoms in total. The van der Waals surface area contributed by atoms with E-state index in [4.69, 9.17) is 4.74 Å². The highest BCUT2D eigenvalue weighted by molar-refractivity contribution is 7.92. The molecule has 3 aromatic rings. The van der Waals surface area contributed by atoms with Gasteiger partial charge in [0, 0.05) is 13.1 Å². The lowest BCUT2D eigenvalue weighted by atomic mass is 10.1. The monoisotopic (exact) mass is 579 g/mol. The summed E-state index contributed by atoms with van der Waals surface area (Å²) in [5, 5.41) is 2.90. The number of amides is 2. The number of anilines is 1. The normalized spacial score (nSPS) is 12.1. The molecule has 0 aliphatic heterocycles. The second-order valence-corrected chi connectivity index (χ2v) is 12.6. The van der Waals surface area contributed by atoms with Crippen LogP contribution in [-0.4, -0.2) is 51.4 Å². The quantitative estimate of drug-likeness (QED) is 0.326. The summed E-state index contributed by atoms with van der Waals surface area (Å²) in [6, 6.07) is 18.2. The number of methoxy groups -OCH3 is 1. The van der Waals surface area contributed by atoms with E-state index in [-0.39, 0.29) is 23.3 Å². The highest BCUT2D eigenvalue weighted by Gasteiger charge is 2.32. The Morgan fingerprint density at radius 3 is 2.07 bits per heavy atom. The molecule has 0 radical (unpaired) electrons. The Labute approximate surface area is 244 Å². The zero-order valence-electron chi connectivity index (χ0n) is 25.0. The van der Waals surface area contributed by atoms with Gasteiger partial charge in [0.05, 0.1) is 17.7 Å². The van der Waals surface area contributed by atoms with Crippen LogP contribution >= 0.6 is 0 Å². The summed E-state index contributed by atoms with van der Waals surface area (Å²) in [5.74, 6) is 0.0953. The molecule has 0 spiro atoms. The molecule has 0 unspecified atom stereocenters. The Morgan fingerprint density at radius 1 is 0.878 bits per heavy atom. The average Bonchev–Trinajstić information content (AvgIpc) is 2.94. The van der Waals surface area contributed by atoms with Gasteiger partial charge >= 0.3 is 0 Å². The van der Waals surface area contributed by atoms with Crippen molar-refractivity contribution >= 4 is 27.5 Å². The van der Waals surface area contributed by atoms with Crippen LogP contribution in [0.4, 0.5) is 5.69 Å². The minimum atomic E-state index is -4.11. The third-order valence-corrected chi connectivity index (χ3v) is 8.82. The third kappa shape index (κ3) is 8.10. The molecule has 3 rings (SSSR count). The van der Waals surface area contributed by atoms with E-state index in [9.17, 15) is 18.0 Å². The summed E-state index contributed by atoms with van der Waals surface area (Å²) >= 11 is 0. The van der Waals surface area contributed by atoms with Gasteiger partial charge in [-0.1, -0.05) is 49.7 Å². The number of aryl methyl sites for hydroxylation is 3. The molecule has 220 valence electrons. The van der Waals surface area contributed by atoms with Crippen LogP contribution in [-0.2, 0) is 26.2 Å². The lowest BCUT2D eigenvalue weighted by molar-refractivity contribution is -0.139. The Morgan fingerprint density at radius 2 is 1.51 bits per heavy atom. The van der Waals surface area contributed by atoms with Crippen LogP contribution in [0.3, 0.4) is 0 Å². The maximum Gasteiger partial charge on any atom is 0.264 e. The number of benzene rings is 3. The standard InChI is InChI=1S/C32H41N3O5S/c1-22(2)19-33-32(37)26(6)34(20-27-11-14-29(40-7)15-12-27)31(36)21-35(28-13-10-24(4)25(5)18-28)41(38,39)30-16-8-23(3)9-17-30/h8-18,22,26H,19-21H2,1-7H3,(H,33,37)/t26-/m0/s1. The molecule has 9 heteroatoms. The van der Waals surface area contributed by atoms with Crippen molar-refractivity contribution in [2.45, 2.75) is 59.0 Å². The molecule has 3 aromatic carbocycles. The molecule has 0 saturated carbocycles. The number of hydrogen-bond donors (Lipinski definition) is 1. The van der Waals surface area contributed by atoms with E-state index in [1.807, 2.05) is 52.8 Å². The van der Waals surface area contributed by atoms with Crippen LogP contribution < -0.4 is 14.4 Å². The summed E-state index contributed by atoms with van der Waals surface area (Å²) in [6.07, 6.45) is 0. The van der Waals surface area contributed by atoms with Crippen LogP contribution in [0.15, 0.2) is 71.6 Å². The molecule has 0 heterocycles. The van der Waals surface area contributed by atoms with Gasteiger partial charge in [-0.25, -0.2) is 8.42 Å². The fraction of sp³-hybridized carbons (Fsp3) is 0.375. The lowest BCUT2D eigenvalue weighted by Gasteiger charge is -2.32. The van der Waals surface area contributed by atoms with Crippen molar-refractivity contribution in [2.75, 3.05) is 24.5 Å². The van der Waals surface area contributed by atoms with Gasteiger partial charge in [0.1, 0.15) is 18.3 Å². The number of nitrogens with zero attached hydrogens (tertiary/aromatic N) is 2. The molecule has 0 saturated heterocycles. The first kappa shape index (κ1) is 31.7. The van der Waals surface area contributed by atoms with Gasteiger partial charge in [-0.3, -0.25) is 13.9 Å². The van der Waals surface area contributed by atoms with Crippen LogP contribution in [0.1, 0.15) is 43.0 Å². The smallest absolute Gasteiger partial charge is 0.264 e. The number of nitrogens with one attached hydrogen (secondary N) is 1. The van der Waals surface area contributed by atoms with Gasteiger partial charge < -0.3 is 15.0 Å². The minimum absolute atomic E-state index is 0.0820. The van der Waals surface area contributed by atoms with Crippen molar-refractivity contribution in [1.82, 2.24) is 10.2 Å². The highest BCUT2D eigenvalue weighted by Crippen LogP contribution is 2.27. The SMILES string of the molecule is COc1ccc(CN(C(=O)CN(c2ccc(C)c(C)c2)S(=O)(=O)c2ccc(C)cc2)[C@@H](C)C(=O)NCC(C)C)cc1. The lowest BCUT2D eigenvalue weighted by Crippen LogP contribution is -2.51. The molecule has 0 fully saturated rings. The van der Waals surface area contributed by atoms with Crippen LogP contribution in [0, 0.1) is 26.7 Å². The van der Waals surface area contributed by atoms with Gasteiger partial charge in [-0.15, -0.1) is 0 Å². The molecule has 0 aliphatic rings. The largest absolute Gasteiger partial charge is 0.497 e. The minimum Gasteiger partial charge on any atom is -0.497 e. The third-order valence-electron chi connectivity index (χ3n) is 7.03. The van der Waals surface area contributed by atoms with E-state index in [2.05, 4.69) is 5.32 Å². The first-order chi connectivity index (χ1) is 19.3. The van der Waals surface area contributed by atoms with Crippen molar-refractivity contribution in [3.63, 3.8) is 0 Å². The fourth-order valence-corrected chi connectivity index (χ4v) is 5.62.